The minimum atomic E-state index is -0.659. The van der Waals surface area contributed by atoms with E-state index in [9.17, 15) is 9.50 Å². The van der Waals surface area contributed by atoms with E-state index in [-0.39, 0.29) is 5.82 Å². The fraction of sp³-hybridized carbons (Fsp3) is 0.529. The van der Waals surface area contributed by atoms with Crippen molar-refractivity contribution in [3.63, 3.8) is 0 Å². The van der Waals surface area contributed by atoms with Gasteiger partial charge in [0.2, 0.25) is 0 Å². The van der Waals surface area contributed by atoms with Gasteiger partial charge in [-0.25, -0.2) is 4.39 Å². The molecule has 1 saturated heterocycles. The maximum absolute atomic E-state index is 13.3. The first-order valence-electron chi connectivity index (χ1n) is 8.26. The van der Waals surface area contributed by atoms with Gasteiger partial charge in [-0.15, -0.1) is 10.2 Å². The lowest BCUT2D eigenvalue weighted by Crippen LogP contribution is -2.47. The second-order valence-corrected chi connectivity index (χ2v) is 6.37. The third-order valence-corrected chi connectivity index (χ3v) is 4.68. The normalized spacial score (nSPS) is 18.0. The number of rotatable bonds is 5. The highest BCUT2D eigenvalue weighted by Gasteiger charge is 2.21. The summed E-state index contributed by atoms with van der Waals surface area (Å²) in [5.74, 6) is 1.58. The molecule has 1 aliphatic rings. The van der Waals surface area contributed by atoms with Gasteiger partial charge < -0.3 is 9.67 Å². The van der Waals surface area contributed by atoms with Crippen LogP contribution in [-0.2, 0) is 13.6 Å². The van der Waals surface area contributed by atoms with Crippen molar-refractivity contribution in [2.45, 2.75) is 19.6 Å². The molecule has 0 unspecified atom stereocenters. The van der Waals surface area contributed by atoms with Gasteiger partial charge in [0.25, 0.3) is 0 Å². The van der Waals surface area contributed by atoms with Crippen LogP contribution in [0.3, 0.4) is 0 Å². The predicted octanol–water partition coefficient (Wildman–Crippen LogP) is 1.11. The van der Waals surface area contributed by atoms with E-state index in [4.69, 9.17) is 0 Å². The van der Waals surface area contributed by atoms with Crippen molar-refractivity contribution in [1.82, 2.24) is 24.6 Å². The van der Waals surface area contributed by atoms with E-state index in [1.165, 1.54) is 12.1 Å². The standard InChI is InChI=1S/C17H24FN5O/c1-13-19-20-17(21(13)2)12-23-8-6-22(7-9-23)11-16(24)14-4-3-5-15(18)10-14/h3-5,10,16,24H,6-9,11-12H2,1-2H3/t16-/m1/s1. The molecule has 2 aromatic rings. The summed E-state index contributed by atoms with van der Waals surface area (Å²) in [6.45, 7) is 6.86. The lowest BCUT2D eigenvalue weighted by Gasteiger charge is -2.35. The molecule has 0 bridgehead atoms. The molecule has 0 spiro atoms. The summed E-state index contributed by atoms with van der Waals surface area (Å²) in [6, 6.07) is 6.19. The van der Waals surface area contributed by atoms with Crippen LogP contribution in [-0.4, -0.2) is 62.4 Å². The van der Waals surface area contributed by atoms with Crippen LogP contribution in [0, 0.1) is 12.7 Å². The van der Waals surface area contributed by atoms with Crippen LogP contribution >= 0.6 is 0 Å². The van der Waals surface area contributed by atoms with Crippen LogP contribution in [0.5, 0.6) is 0 Å². The molecule has 1 aliphatic heterocycles. The van der Waals surface area contributed by atoms with Crippen LogP contribution in [0.2, 0.25) is 0 Å². The van der Waals surface area contributed by atoms with Gasteiger partial charge >= 0.3 is 0 Å². The number of halogens is 1. The minimum absolute atomic E-state index is 0.310. The molecule has 0 aliphatic carbocycles. The maximum Gasteiger partial charge on any atom is 0.146 e. The highest BCUT2D eigenvalue weighted by Crippen LogP contribution is 2.17. The molecule has 24 heavy (non-hydrogen) atoms. The molecule has 0 radical (unpaired) electrons. The van der Waals surface area contributed by atoms with Crippen LogP contribution in [0.25, 0.3) is 0 Å². The van der Waals surface area contributed by atoms with Crippen molar-refractivity contribution in [1.29, 1.82) is 0 Å². The minimum Gasteiger partial charge on any atom is -0.387 e. The number of aromatic nitrogens is 3. The molecular formula is C17H24FN5O. The number of hydrogen-bond donors (Lipinski definition) is 1. The third kappa shape index (κ3) is 3.98. The monoisotopic (exact) mass is 333 g/mol. The number of β-amino-alcohol motifs (C(OH)–C–C–N with tert-alkyl or cyclic N) is 1. The summed E-state index contributed by atoms with van der Waals surface area (Å²) in [5.41, 5.74) is 0.631. The molecule has 1 fully saturated rings. The second-order valence-electron chi connectivity index (χ2n) is 6.37. The molecule has 7 heteroatoms. The van der Waals surface area contributed by atoms with Crippen molar-refractivity contribution in [3.8, 4) is 0 Å². The Kier molecular flexibility index (Phi) is 5.23. The van der Waals surface area contributed by atoms with Gasteiger partial charge in [0.15, 0.2) is 0 Å². The number of piperazine rings is 1. The Morgan fingerprint density at radius 2 is 1.88 bits per heavy atom. The van der Waals surface area contributed by atoms with E-state index in [0.717, 1.165) is 44.4 Å². The van der Waals surface area contributed by atoms with Gasteiger partial charge in [-0.2, -0.15) is 0 Å². The molecule has 1 aromatic carbocycles. The molecule has 3 rings (SSSR count). The fourth-order valence-electron chi connectivity index (χ4n) is 2.98. The summed E-state index contributed by atoms with van der Waals surface area (Å²) in [5, 5.41) is 18.6. The first-order valence-corrected chi connectivity index (χ1v) is 8.26. The number of aliphatic hydroxyl groups excluding tert-OH is 1. The van der Waals surface area contributed by atoms with Gasteiger partial charge in [-0.1, -0.05) is 12.1 Å². The van der Waals surface area contributed by atoms with Gasteiger partial charge in [0.05, 0.1) is 12.6 Å². The lowest BCUT2D eigenvalue weighted by atomic mass is 10.1. The fourth-order valence-corrected chi connectivity index (χ4v) is 2.98. The highest BCUT2D eigenvalue weighted by atomic mass is 19.1. The SMILES string of the molecule is Cc1nnc(CN2CCN(C[C@@H](O)c3cccc(F)c3)CC2)n1C. The molecule has 1 aromatic heterocycles. The molecule has 2 heterocycles. The predicted molar refractivity (Wildman–Crippen MR) is 88.8 cm³/mol. The molecule has 1 atom stereocenters. The number of benzene rings is 1. The van der Waals surface area contributed by atoms with Gasteiger partial charge in [-0.3, -0.25) is 9.80 Å². The van der Waals surface area contributed by atoms with E-state index in [1.54, 1.807) is 12.1 Å². The Bertz CT molecular complexity index is 681. The summed E-state index contributed by atoms with van der Waals surface area (Å²) in [4.78, 5) is 4.56. The van der Waals surface area contributed by atoms with E-state index in [2.05, 4.69) is 20.0 Å². The van der Waals surface area contributed by atoms with Crippen LogP contribution in [0.1, 0.15) is 23.3 Å². The summed E-state index contributed by atoms with van der Waals surface area (Å²) >= 11 is 0. The summed E-state index contributed by atoms with van der Waals surface area (Å²) in [7, 11) is 1.98. The van der Waals surface area contributed by atoms with Crippen molar-refractivity contribution < 1.29 is 9.50 Å². The molecule has 1 N–H and O–H groups in total. The second kappa shape index (κ2) is 7.38. The number of nitrogens with zero attached hydrogens (tertiary/aromatic N) is 5. The zero-order valence-corrected chi connectivity index (χ0v) is 14.2. The highest BCUT2D eigenvalue weighted by molar-refractivity contribution is 5.19. The first kappa shape index (κ1) is 17.0. The van der Waals surface area contributed by atoms with Gasteiger partial charge in [0.1, 0.15) is 17.5 Å². The largest absolute Gasteiger partial charge is 0.387 e. The molecule has 0 saturated carbocycles. The summed E-state index contributed by atoms with van der Waals surface area (Å²) in [6.07, 6.45) is -0.659. The Morgan fingerprint density at radius 3 is 2.50 bits per heavy atom. The molecule has 130 valence electrons. The lowest BCUT2D eigenvalue weighted by molar-refractivity contribution is 0.0688. The smallest absolute Gasteiger partial charge is 0.146 e. The van der Waals surface area contributed by atoms with Gasteiger partial charge in [0, 0.05) is 39.8 Å². The van der Waals surface area contributed by atoms with Crippen molar-refractivity contribution in [2.24, 2.45) is 7.05 Å². The van der Waals surface area contributed by atoms with Crippen LogP contribution < -0.4 is 0 Å². The Hall–Kier alpha value is -1.83. The zero-order chi connectivity index (χ0) is 17.1. The van der Waals surface area contributed by atoms with Crippen LogP contribution in [0.4, 0.5) is 4.39 Å². The van der Waals surface area contributed by atoms with E-state index >= 15 is 0 Å². The van der Waals surface area contributed by atoms with E-state index in [0.29, 0.717) is 12.1 Å². The Balaban J connectivity index is 1.49. The molecule has 6 nitrogen and oxygen atoms in total. The number of hydrogen-bond acceptors (Lipinski definition) is 5. The van der Waals surface area contributed by atoms with E-state index in [1.807, 2.05) is 18.5 Å². The molecular weight excluding hydrogens is 309 g/mol. The van der Waals surface area contributed by atoms with Crippen molar-refractivity contribution in [3.05, 3.63) is 47.3 Å². The average molecular weight is 333 g/mol. The number of aryl methyl sites for hydroxylation is 1. The quantitative estimate of drug-likeness (QED) is 0.888. The first-order chi connectivity index (χ1) is 11.5. The number of aliphatic hydroxyl groups is 1. The maximum atomic E-state index is 13.3. The van der Waals surface area contributed by atoms with Crippen LogP contribution in [0.15, 0.2) is 24.3 Å². The topological polar surface area (TPSA) is 57.4 Å². The zero-order valence-electron chi connectivity index (χ0n) is 14.2. The van der Waals surface area contributed by atoms with E-state index < -0.39 is 6.10 Å². The Labute approximate surface area is 141 Å². The third-order valence-electron chi connectivity index (χ3n) is 4.68. The summed E-state index contributed by atoms with van der Waals surface area (Å²) < 4.78 is 15.3. The molecule has 0 amide bonds. The van der Waals surface area contributed by atoms with Gasteiger partial charge in [-0.05, 0) is 24.6 Å². The Morgan fingerprint density at radius 1 is 1.17 bits per heavy atom. The average Bonchev–Trinajstić information content (AvgIpc) is 2.89. The van der Waals surface area contributed by atoms with Crippen molar-refractivity contribution >= 4 is 0 Å². The van der Waals surface area contributed by atoms with Crippen molar-refractivity contribution in [2.75, 3.05) is 32.7 Å².